The Labute approximate surface area is 198 Å². The molecule has 1 saturated heterocycles. The van der Waals surface area contributed by atoms with E-state index in [1.807, 2.05) is 0 Å². The molecule has 1 aliphatic rings. The van der Waals surface area contributed by atoms with Crippen molar-refractivity contribution in [2.45, 2.75) is 39.1 Å². The number of ether oxygens (including phenoxy) is 1. The van der Waals surface area contributed by atoms with E-state index in [9.17, 15) is 13.2 Å². The lowest BCUT2D eigenvalue weighted by atomic mass is 10.1. The van der Waals surface area contributed by atoms with Gasteiger partial charge in [-0.25, -0.2) is 4.39 Å². The minimum atomic E-state index is -3.02. The Morgan fingerprint density at radius 2 is 1.68 bits per heavy atom. The number of nitrogens with zero attached hydrogens (tertiary/aromatic N) is 2. The third-order valence-corrected chi connectivity index (χ3v) is 5.04. The zero-order chi connectivity index (χ0) is 21.3. The molecule has 0 atom stereocenters. The minimum absolute atomic E-state index is 0. The Balaban J connectivity index is 0.00000341. The maximum absolute atomic E-state index is 14.1. The van der Waals surface area contributed by atoms with Crippen LogP contribution in [0.3, 0.4) is 0 Å². The van der Waals surface area contributed by atoms with E-state index < -0.39 is 12.4 Å². The second-order valence-electron chi connectivity index (χ2n) is 7.17. The summed E-state index contributed by atoms with van der Waals surface area (Å²) >= 11 is 0. The van der Waals surface area contributed by atoms with Crippen molar-refractivity contribution in [1.29, 1.82) is 0 Å². The highest BCUT2D eigenvalue weighted by molar-refractivity contribution is 14.0. The normalized spacial score (nSPS) is 14.4. The number of hydrogen-bond acceptors (Lipinski definition) is 3. The van der Waals surface area contributed by atoms with E-state index in [0.29, 0.717) is 12.5 Å². The van der Waals surface area contributed by atoms with Crippen molar-refractivity contribution in [2.24, 2.45) is 4.99 Å². The fraction of sp³-hybridized carbons (Fsp3) is 0.409. The zero-order valence-electron chi connectivity index (χ0n) is 17.4. The molecule has 2 N–H and O–H groups in total. The van der Waals surface area contributed by atoms with Gasteiger partial charge in [0.05, 0.1) is 0 Å². The number of benzene rings is 2. The van der Waals surface area contributed by atoms with Crippen LogP contribution >= 0.6 is 24.0 Å². The second kappa shape index (κ2) is 12.7. The number of nitrogens with one attached hydrogen (secondary N) is 2. The van der Waals surface area contributed by atoms with Gasteiger partial charge in [-0.2, -0.15) is 8.78 Å². The summed E-state index contributed by atoms with van der Waals surface area (Å²) in [4.78, 5) is 6.55. The van der Waals surface area contributed by atoms with Crippen molar-refractivity contribution in [3.05, 3.63) is 65.0 Å². The third kappa shape index (κ3) is 7.88. The molecule has 0 spiro atoms. The maximum Gasteiger partial charge on any atom is 0.387 e. The summed E-state index contributed by atoms with van der Waals surface area (Å²) in [6.07, 6.45) is 2.55. The molecule has 2 aromatic carbocycles. The van der Waals surface area contributed by atoms with E-state index >= 15 is 0 Å². The molecule has 0 aliphatic carbocycles. The molecule has 0 radical (unpaired) electrons. The van der Waals surface area contributed by atoms with Crippen molar-refractivity contribution in [3.8, 4) is 5.75 Å². The van der Waals surface area contributed by atoms with Gasteiger partial charge in [0.25, 0.3) is 0 Å². The van der Waals surface area contributed by atoms with Gasteiger partial charge in [0, 0.05) is 32.2 Å². The molecule has 1 fully saturated rings. The van der Waals surface area contributed by atoms with E-state index in [1.165, 1.54) is 36.6 Å². The predicted octanol–water partition coefficient (Wildman–Crippen LogP) is 4.51. The Morgan fingerprint density at radius 3 is 2.32 bits per heavy atom. The van der Waals surface area contributed by atoms with Crippen LogP contribution in [0.5, 0.6) is 5.75 Å². The fourth-order valence-corrected chi connectivity index (χ4v) is 3.46. The lowest BCUT2D eigenvalue weighted by Crippen LogP contribution is -2.36. The van der Waals surface area contributed by atoms with E-state index in [0.717, 1.165) is 25.2 Å². The van der Waals surface area contributed by atoms with Gasteiger partial charge < -0.3 is 15.4 Å². The molecular weight excluding hydrogens is 520 g/mol. The lowest BCUT2D eigenvalue weighted by molar-refractivity contribution is -0.0506. The molecule has 3 rings (SSSR count). The third-order valence-electron chi connectivity index (χ3n) is 5.04. The molecule has 1 aliphatic heterocycles. The van der Waals surface area contributed by atoms with E-state index in [-0.39, 0.29) is 41.8 Å². The van der Waals surface area contributed by atoms with Crippen LogP contribution in [0.1, 0.15) is 29.5 Å². The van der Waals surface area contributed by atoms with Crippen LogP contribution in [0, 0.1) is 5.82 Å². The van der Waals surface area contributed by atoms with Gasteiger partial charge in [-0.05, 0) is 49.2 Å². The van der Waals surface area contributed by atoms with Gasteiger partial charge >= 0.3 is 6.61 Å². The highest BCUT2D eigenvalue weighted by Crippen LogP contribution is 2.23. The van der Waals surface area contributed by atoms with Crippen LogP contribution in [0.15, 0.2) is 47.5 Å². The first kappa shape index (κ1) is 25.3. The van der Waals surface area contributed by atoms with Gasteiger partial charge in [-0.3, -0.25) is 9.89 Å². The average Bonchev–Trinajstić information content (AvgIpc) is 3.23. The summed E-state index contributed by atoms with van der Waals surface area (Å²) in [6, 6.07) is 12.2. The first-order chi connectivity index (χ1) is 14.5. The SMILES string of the molecule is CN=C(NCc1ccc(CN2CCCC2)cc1)NCc1c(F)cccc1OC(F)F.I. The number of rotatable bonds is 8. The quantitative estimate of drug-likeness (QED) is 0.290. The first-order valence-electron chi connectivity index (χ1n) is 10.0. The van der Waals surface area contributed by atoms with Crippen LogP contribution < -0.4 is 15.4 Å². The van der Waals surface area contributed by atoms with Crippen LogP contribution in [0.4, 0.5) is 13.2 Å². The lowest BCUT2D eigenvalue weighted by Gasteiger charge is -2.16. The molecule has 0 aromatic heterocycles. The molecule has 31 heavy (non-hydrogen) atoms. The Bertz CT molecular complexity index is 843. The van der Waals surface area contributed by atoms with Gasteiger partial charge in [-0.15, -0.1) is 24.0 Å². The largest absolute Gasteiger partial charge is 0.434 e. The highest BCUT2D eigenvalue weighted by atomic mass is 127. The number of guanidine groups is 1. The molecule has 170 valence electrons. The molecule has 0 unspecified atom stereocenters. The molecule has 0 bridgehead atoms. The van der Waals surface area contributed by atoms with Gasteiger partial charge in [-0.1, -0.05) is 30.3 Å². The Morgan fingerprint density at radius 1 is 1.03 bits per heavy atom. The zero-order valence-corrected chi connectivity index (χ0v) is 19.7. The number of aliphatic imine (C=N–C) groups is 1. The number of halogens is 4. The van der Waals surface area contributed by atoms with Crippen molar-refractivity contribution < 1.29 is 17.9 Å². The highest BCUT2D eigenvalue weighted by Gasteiger charge is 2.14. The molecule has 1 heterocycles. The summed E-state index contributed by atoms with van der Waals surface area (Å²) in [7, 11) is 1.59. The number of hydrogen-bond donors (Lipinski definition) is 2. The van der Waals surface area contributed by atoms with E-state index in [1.54, 1.807) is 7.05 Å². The van der Waals surface area contributed by atoms with Crippen LogP contribution in [0.25, 0.3) is 0 Å². The van der Waals surface area contributed by atoms with Crippen molar-refractivity contribution >= 4 is 29.9 Å². The van der Waals surface area contributed by atoms with E-state index in [4.69, 9.17) is 0 Å². The number of likely N-dealkylation sites (tertiary alicyclic amines) is 1. The monoisotopic (exact) mass is 548 g/mol. The molecule has 9 heteroatoms. The second-order valence-corrected chi connectivity index (χ2v) is 7.17. The van der Waals surface area contributed by atoms with Crippen LogP contribution in [0.2, 0.25) is 0 Å². The van der Waals surface area contributed by atoms with Crippen molar-refractivity contribution in [1.82, 2.24) is 15.5 Å². The Kier molecular flexibility index (Phi) is 10.4. The fourth-order valence-electron chi connectivity index (χ4n) is 3.46. The Hall–Kier alpha value is -2.01. The van der Waals surface area contributed by atoms with Crippen molar-refractivity contribution in [3.63, 3.8) is 0 Å². The summed E-state index contributed by atoms with van der Waals surface area (Å²) in [5.41, 5.74) is 2.39. The molecule has 0 saturated carbocycles. The van der Waals surface area contributed by atoms with Crippen LogP contribution in [-0.2, 0) is 19.6 Å². The molecule has 0 amide bonds. The van der Waals surface area contributed by atoms with Gasteiger partial charge in [0.15, 0.2) is 5.96 Å². The maximum atomic E-state index is 14.1. The molecule has 5 nitrogen and oxygen atoms in total. The molecular formula is C22H28F3IN4O. The van der Waals surface area contributed by atoms with Crippen molar-refractivity contribution in [2.75, 3.05) is 20.1 Å². The first-order valence-corrected chi connectivity index (χ1v) is 10.0. The number of alkyl halides is 2. The average molecular weight is 548 g/mol. The summed E-state index contributed by atoms with van der Waals surface area (Å²) in [5, 5.41) is 6.08. The smallest absolute Gasteiger partial charge is 0.387 e. The van der Waals surface area contributed by atoms with Gasteiger partial charge in [0.2, 0.25) is 0 Å². The predicted molar refractivity (Wildman–Crippen MR) is 126 cm³/mol. The summed E-state index contributed by atoms with van der Waals surface area (Å²) in [5.74, 6) is -0.381. The van der Waals surface area contributed by atoms with Gasteiger partial charge in [0.1, 0.15) is 11.6 Å². The minimum Gasteiger partial charge on any atom is -0.434 e. The summed E-state index contributed by atoms with van der Waals surface area (Å²) < 4.78 is 43.6. The standard InChI is InChI=1S/C22H27F3N4O.HI/c1-26-22(28-14-18-19(23)5-4-6-20(18)30-21(24)25)27-13-16-7-9-17(10-8-16)15-29-11-2-3-12-29;/h4-10,21H,2-3,11-15H2,1H3,(H2,26,27,28);1H. The van der Waals surface area contributed by atoms with E-state index in [2.05, 4.69) is 49.5 Å². The summed E-state index contributed by atoms with van der Waals surface area (Å²) in [6.45, 7) is 0.776. The topological polar surface area (TPSA) is 48.9 Å². The van der Waals surface area contributed by atoms with Crippen LogP contribution in [-0.4, -0.2) is 37.6 Å². The molecule has 2 aromatic rings.